The number of hydrogen-bond acceptors (Lipinski definition) is 2. The first-order chi connectivity index (χ1) is 4.77. The van der Waals surface area contributed by atoms with Gasteiger partial charge in [0.1, 0.15) is 0 Å². The van der Waals surface area contributed by atoms with Gasteiger partial charge < -0.3 is 5.11 Å². The topological polar surface area (TPSA) is 20.2 Å². The summed E-state index contributed by atoms with van der Waals surface area (Å²) in [6.07, 6.45) is 4.44. The minimum Gasteiger partial charge on any atom is -0.390 e. The molecule has 0 aromatic heterocycles. The van der Waals surface area contributed by atoms with Crippen LogP contribution in [-0.2, 0) is 0 Å². The summed E-state index contributed by atoms with van der Waals surface area (Å²) < 4.78 is 0. The molecule has 1 rings (SSSR count). The molecule has 0 saturated carbocycles. The Balaban J connectivity index is 2.39. The molecule has 0 unspecified atom stereocenters. The summed E-state index contributed by atoms with van der Waals surface area (Å²) in [5.41, 5.74) is -0.410. The lowest BCUT2D eigenvalue weighted by Crippen LogP contribution is -2.32. The molecule has 0 aromatic carbocycles. The van der Waals surface area contributed by atoms with E-state index in [1.165, 1.54) is 0 Å². The Hall–Kier alpha value is 0.0500. The van der Waals surface area contributed by atoms with Gasteiger partial charge in [-0.1, -0.05) is 6.08 Å². The SMILES string of the molecule is C=CCC1(O)CCSCC1. The summed E-state index contributed by atoms with van der Waals surface area (Å²) in [7, 11) is 0. The molecule has 0 aromatic rings. The second-order valence-corrected chi connectivity index (χ2v) is 4.05. The molecule has 1 fully saturated rings. The van der Waals surface area contributed by atoms with E-state index in [1.807, 2.05) is 17.8 Å². The Kier molecular flexibility index (Phi) is 2.81. The highest BCUT2D eigenvalue weighted by molar-refractivity contribution is 7.99. The first-order valence-electron chi connectivity index (χ1n) is 3.68. The van der Waals surface area contributed by atoms with Crippen molar-refractivity contribution in [2.75, 3.05) is 11.5 Å². The molecule has 1 aliphatic heterocycles. The summed E-state index contributed by atoms with van der Waals surface area (Å²) in [6.45, 7) is 3.63. The van der Waals surface area contributed by atoms with Crippen molar-refractivity contribution in [1.29, 1.82) is 0 Å². The van der Waals surface area contributed by atoms with Gasteiger partial charge in [-0.05, 0) is 30.8 Å². The van der Waals surface area contributed by atoms with Crippen LogP contribution in [0.25, 0.3) is 0 Å². The molecular formula is C8H14OS. The smallest absolute Gasteiger partial charge is 0.0697 e. The summed E-state index contributed by atoms with van der Waals surface area (Å²) in [5.74, 6) is 2.20. The van der Waals surface area contributed by atoms with Crippen molar-refractivity contribution in [3.63, 3.8) is 0 Å². The molecule has 1 N–H and O–H groups in total. The number of aliphatic hydroxyl groups is 1. The minimum absolute atomic E-state index is 0.410. The quantitative estimate of drug-likeness (QED) is 0.619. The molecule has 1 aliphatic rings. The first kappa shape index (κ1) is 8.15. The third-order valence-electron chi connectivity index (χ3n) is 1.95. The van der Waals surface area contributed by atoms with Gasteiger partial charge in [0.05, 0.1) is 5.60 Å². The molecule has 0 amide bonds. The van der Waals surface area contributed by atoms with Gasteiger partial charge in [0.25, 0.3) is 0 Å². The zero-order valence-corrected chi connectivity index (χ0v) is 6.99. The Morgan fingerprint density at radius 2 is 2.10 bits per heavy atom. The molecule has 0 aliphatic carbocycles. The molecule has 0 spiro atoms. The average molecular weight is 158 g/mol. The predicted octanol–water partition coefficient (Wildman–Crippen LogP) is 1.82. The molecule has 0 radical (unpaired) electrons. The van der Waals surface area contributed by atoms with Crippen LogP contribution in [0.5, 0.6) is 0 Å². The number of hydrogen-bond donors (Lipinski definition) is 1. The summed E-state index contributed by atoms with van der Waals surface area (Å²) in [4.78, 5) is 0. The molecule has 0 atom stereocenters. The van der Waals surface area contributed by atoms with Gasteiger partial charge in [0.15, 0.2) is 0 Å². The van der Waals surface area contributed by atoms with Gasteiger partial charge in [-0.15, -0.1) is 6.58 Å². The van der Waals surface area contributed by atoms with Crippen molar-refractivity contribution in [2.24, 2.45) is 0 Å². The normalized spacial score (nSPS) is 24.1. The van der Waals surface area contributed by atoms with Crippen LogP contribution in [0.15, 0.2) is 12.7 Å². The van der Waals surface area contributed by atoms with E-state index in [4.69, 9.17) is 0 Å². The molecule has 10 heavy (non-hydrogen) atoms. The highest BCUT2D eigenvalue weighted by Crippen LogP contribution is 2.29. The van der Waals surface area contributed by atoms with Crippen molar-refractivity contribution in [3.05, 3.63) is 12.7 Å². The van der Waals surface area contributed by atoms with Crippen LogP contribution in [0.1, 0.15) is 19.3 Å². The minimum atomic E-state index is -0.410. The maximum Gasteiger partial charge on any atom is 0.0697 e. The summed E-state index contributed by atoms with van der Waals surface area (Å²) in [6, 6.07) is 0. The maximum absolute atomic E-state index is 9.79. The standard InChI is InChI=1S/C8H14OS/c1-2-3-8(9)4-6-10-7-5-8/h2,9H,1,3-7H2. The van der Waals surface area contributed by atoms with Crippen LogP contribution in [0, 0.1) is 0 Å². The van der Waals surface area contributed by atoms with Crippen LogP contribution < -0.4 is 0 Å². The van der Waals surface area contributed by atoms with Gasteiger partial charge in [-0.3, -0.25) is 0 Å². The molecule has 2 heteroatoms. The van der Waals surface area contributed by atoms with E-state index in [-0.39, 0.29) is 0 Å². The fourth-order valence-corrected chi connectivity index (χ4v) is 2.48. The van der Waals surface area contributed by atoms with Crippen molar-refractivity contribution in [1.82, 2.24) is 0 Å². The van der Waals surface area contributed by atoms with E-state index in [0.717, 1.165) is 30.8 Å². The zero-order chi connectivity index (χ0) is 7.45. The summed E-state index contributed by atoms with van der Waals surface area (Å²) >= 11 is 1.93. The van der Waals surface area contributed by atoms with Gasteiger partial charge >= 0.3 is 0 Å². The van der Waals surface area contributed by atoms with E-state index in [2.05, 4.69) is 6.58 Å². The Morgan fingerprint density at radius 1 is 1.50 bits per heavy atom. The lowest BCUT2D eigenvalue weighted by Gasteiger charge is -2.30. The lowest BCUT2D eigenvalue weighted by atomic mass is 9.93. The second kappa shape index (κ2) is 3.44. The van der Waals surface area contributed by atoms with Crippen molar-refractivity contribution < 1.29 is 5.11 Å². The molecular weight excluding hydrogens is 144 g/mol. The highest BCUT2D eigenvalue weighted by Gasteiger charge is 2.27. The first-order valence-corrected chi connectivity index (χ1v) is 4.83. The van der Waals surface area contributed by atoms with E-state index in [1.54, 1.807) is 0 Å². The predicted molar refractivity (Wildman–Crippen MR) is 46.3 cm³/mol. The Bertz CT molecular complexity index is 116. The monoisotopic (exact) mass is 158 g/mol. The molecule has 58 valence electrons. The molecule has 1 saturated heterocycles. The zero-order valence-electron chi connectivity index (χ0n) is 6.18. The van der Waals surface area contributed by atoms with Crippen LogP contribution in [0.3, 0.4) is 0 Å². The molecule has 1 nitrogen and oxygen atoms in total. The van der Waals surface area contributed by atoms with Crippen molar-refractivity contribution >= 4 is 11.8 Å². The molecule has 1 heterocycles. The fraction of sp³-hybridized carbons (Fsp3) is 0.750. The average Bonchev–Trinajstić information content (AvgIpc) is 1.89. The Labute approximate surface area is 66.5 Å². The second-order valence-electron chi connectivity index (χ2n) is 2.83. The van der Waals surface area contributed by atoms with Crippen LogP contribution in [0.2, 0.25) is 0 Å². The largest absolute Gasteiger partial charge is 0.390 e. The third-order valence-corrected chi connectivity index (χ3v) is 2.93. The van der Waals surface area contributed by atoms with E-state index in [0.29, 0.717) is 0 Å². The van der Waals surface area contributed by atoms with Gasteiger partial charge in [0.2, 0.25) is 0 Å². The number of rotatable bonds is 2. The fourth-order valence-electron chi connectivity index (χ4n) is 1.22. The van der Waals surface area contributed by atoms with Crippen molar-refractivity contribution in [3.8, 4) is 0 Å². The van der Waals surface area contributed by atoms with Crippen LogP contribution in [-0.4, -0.2) is 22.2 Å². The highest BCUT2D eigenvalue weighted by atomic mass is 32.2. The van der Waals surface area contributed by atoms with E-state index >= 15 is 0 Å². The van der Waals surface area contributed by atoms with Crippen LogP contribution >= 0.6 is 11.8 Å². The summed E-state index contributed by atoms with van der Waals surface area (Å²) in [5, 5.41) is 9.79. The van der Waals surface area contributed by atoms with Crippen molar-refractivity contribution in [2.45, 2.75) is 24.9 Å². The lowest BCUT2D eigenvalue weighted by molar-refractivity contribution is 0.0351. The van der Waals surface area contributed by atoms with E-state index < -0.39 is 5.60 Å². The maximum atomic E-state index is 9.79. The third kappa shape index (κ3) is 2.03. The van der Waals surface area contributed by atoms with Gasteiger partial charge in [-0.2, -0.15) is 11.8 Å². The number of thioether (sulfide) groups is 1. The van der Waals surface area contributed by atoms with E-state index in [9.17, 15) is 5.11 Å². The Morgan fingerprint density at radius 3 is 2.60 bits per heavy atom. The van der Waals surface area contributed by atoms with Gasteiger partial charge in [-0.25, -0.2) is 0 Å². The van der Waals surface area contributed by atoms with Crippen LogP contribution in [0.4, 0.5) is 0 Å². The van der Waals surface area contributed by atoms with Gasteiger partial charge in [0, 0.05) is 0 Å². The molecule has 0 bridgehead atoms.